The van der Waals surface area contributed by atoms with Crippen LogP contribution >= 0.6 is 0 Å². The van der Waals surface area contributed by atoms with E-state index < -0.39 is 22.2 Å². The Morgan fingerprint density at radius 2 is 1.84 bits per heavy atom. The Bertz CT molecular complexity index is 465. The number of halogens is 2. The van der Waals surface area contributed by atoms with Crippen LogP contribution in [0.4, 0.5) is 20.2 Å². The monoisotopic (exact) mass is 272 g/mol. The number of anilines is 1. The summed E-state index contributed by atoms with van der Waals surface area (Å²) in [5.74, 6) is -1.69. The van der Waals surface area contributed by atoms with E-state index in [1.54, 1.807) is 0 Å². The third-order valence-corrected chi connectivity index (χ3v) is 3.40. The number of hydrogen-bond donors (Lipinski definition) is 1. The number of benzene rings is 1. The van der Waals surface area contributed by atoms with Crippen molar-refractivity contribution in [2.24, 2.45) is 5.92 Å². The SMILES string of the molecule is O=[N+]([O-])c1cc(F)c(N2CCC(CO)CC2)c(F)c1. The fraction of sp³-hybridized carbons (Fsp3) is 0.500. The lowest BCUT2D eigenvalue weighted by atomic mass is 9.97. The molecule has 0 spiro atoms. The zero-order valence-electron chi connectivity index (χ0n) is 10.2. The van der Waals surface area contributed by atoms with Crippen LogP contribution in [0.25, 0.3) is 0 Å². The molecule has 1 aromatic rings. The van der Waals surface area contributed by atoms with Crippen molar-refractivity contribution in [3.05, 3.63) is 33.9 Å². The van der Waals surface area contributed by atoms with Crippen molar-refractivity contribution in [3.8, 4) is 0 Å². The van der Waals surface area contributed by atoms with Gasteiger partial charge in [0.15, 0.2) is 11.6 Å². The maximum Gasteiger partial charge on any atom is 0.275 e. The summed E-state index contributed by atoms with van der Waals surface area (Å²) in [7, 11) is 0. The van der Waals surface area contributed by atoms with E-state index in [2.05, 4.69) is 0 Å². The van der Waals surface area contributed by atoms with Crippen molar-refractivity contribution >= 4 is 11.4 Å². The number of nitrogens with zero attached hydrogens (tertiary/aromatic N) is 2. The second-order valence-corrected chi connectivity index (χ2v) is 4.63. The van der Waals surface area contributed by atoms with Gasteiger partial charge in [-0.1, -0.05) is 0 Å². The lowest BCUT2D eigenvalue weighted by Crippen LogP contribution is -2.35. The van der Waals surface area contributed by atoms with Gasteiger partial charge in [-0.25, -0.2) is 8.78 Å². The van der Waals surface area contributed by atoms with Crippen LogP contribution in [0, 0.1) is 27.7 Å². The fourth-order valence-corrected chi connectivity index (χ4v) is 2.30. The smallest absolute Gasteiger partial charge is 0.275 e. The summed E-state index contributed by atoms with van der Waals surface area (Å²) in [4.78, 5) is 11.2. The molecule has 1 aliphatic rings. The summed E-state index contributed by atoms with van der Waals surface area (Å²) >= 11 is 0. The van der Waals surface area contributed by atoms with Crippen molar-refractivity contribution < 1.29 is 18.8 Å². The molecule has 0 saturated carbocycles. The molecule has 2 rings (SSSR count). The van der Waals surface area contributed by atoms with Crippen molar-refractivity contribution in [1.29, 1.82) is 0 Å². The summed E-state index contributed by atoms with van der Waals surface area (Å²) in [6.45, 7) is 0.923. The molecule has 1 saturated heterocycles. The van der Waals surface area contributed by atoms with E-state index in [1.165, 1.54) is 4.90 Å². The highest BCUT2D eigenvalue weighted by Gasteiger charge is 2.25. The lowest BCUT2D eigenvalue weighted by Gasteiger charge is -2.33. The summed E-state index contributed by atoms with van der Waals surface area (Å²) in [6.07, 6.45) is 1.29. The number of rotatable bonds is 3. The van der Waals surface area contributed by atoms with Crippen LogP contribution < -0.4 is 4.90 Å². The minimum absolute atomic E-state index is 0.0685. The normalized spacial score (nSPS) is 16.7. The molecule has 0 aromatic heterocycles. The molecule has 1 heterocycles. The quantitative estimate of drug-likeness (QED) is 0.675. The molecule has 0 aliphatic carbocycles. The van der Waals surface area contributed by atoms with Crippen LogP contribution in [-0.2, 0) is 0 Å². The molecule has 0 atom stereocenters. The van der Waals surface area contributed by atoms with Crippen molar-refractivity contribution in [2.45, 2.75) is 12.8 Å². The molecule has 7 heteroatoms. The predicted octanol–water partition coefficient (Wildman–Crippen LogP) is 2.08. The number of aliphatic hydroxyl groups excluding tert-OH is 1. The molecule has 0 bridgehead atoms. The Labute approximate surface area is 108 Å². The van der Waals surface area contributed by atoms with Crippen LogP contribution in [0.5, 0.6) is 0 Å². The first-order valence-electron chi connectivity index (χ1n) is 6.02. The van der Waals surface area contributed by atoms with Crippen LogP contribution in [0.1, 0.15) is 12.8 Å². The Morgan fingerprint density at radius 3 is 2.26 bits per heavy atom. The maximum absolute atomic E-state index is 13.8. The van der Waals surface area contributed by atoms with Gasteiger partial charge in [0.25, 0.3) is 5.69 Å². The number of non-ortho nitro benzene ring substituents is 1. The number of nitro groups is 1. The average molecular weight is 272 g/mol. The Hall–Kier alpha value is -1.76. The zero-order valence-corrected chi connectivity index (χ0v) is 10.2. The fourth-order valence-electron chi connectivity index (χ4n) is 2.30. The number of piperidine rings is 1. The second kappa shape index (κ2) is 5.48. The van der Waals surface area contributed by atoms with Gasteiger partial charge >= 0.3 is 0 Å². The first-order chi connectivity index (χ1) is 9.02. The molecule has 0 radical (unpaired) electrons. The third-order valence-electron chi connectivity index (χ3n) is 3.40. The first-order valence-corrected chi connectivity index (χ1v) is 6.02. The highest BCUT2D eigenvalue weighted by Crippen LogP contribution is 2.31. The van der Waals surface area contributed by atoms with Gasteiger partial charge in [0, 0.05) is 19.7 Å². The highest BCUT2D eigenvalue weighted by atomic mass is 19.1. The van der Waals surface area contributed by atoms with Gasteiger partial charge < -0.3 is 10.0 Å². The molecular formula is C12H14F2N2O3. The minimum Gasteiger partial charge on any atom is -0.396 e. The zero-order chi connectivity index (χ0) is 14.0. The Kier molecular flexibility index (Phi) is 3.94. The second-order valence-electron chi connectivity index (χ2n) is 4.63. The first kappa shape index (κ1) is 13.7. The summed E-state index contributed by atoms with van der Waals surface area (Å²) in [6, 6.07) is 1.47. The van der Waals surface area contributed by atoms with Gasteiger partial charge in [-0.05, 0) is 18.8 Å². The van der Waals surface area contributed by atoms with E-state index in [0.717, 1.165) is 12.1 Å². The van der Waals surface area contributed by atoms with Crippen LogP contribution in [0.3, 0.4) is 0 Å². The molecule has 1 fully saturated rings. The maximum atomic E-state index is 13.8. The Morgan fingerprint density at radius 1 is 1.32 bits per heavy atom. The molecule has 0 amide bonds. The Balaban J connectivity index is 2.24. The topological polar surface area (TPSA) is 66.6 Å². The van der Waals surface area contributed by atoms with Crippen molar-refractivity contribution in [3.63, 3.8) is 0 Å². The average Bonchev–Trinajstić information content (AvgIpc) is 2.38. The van der Waals surface area contributed by atoms with Crippen LogP contribution in [0.2, 0.25) is 0 Å². The van der Waals surface area contributed by atoms with Gasteiger partial charge in [0.05, 0.1) is 17.1 Å². The van der Waals surface area contributed by atoms with Gasteiger partial charge in [-0.3, -0.25) is 10.1 Å². The standard InChI is InChI=1S/C12H14F2N2O3/c13-10-5-9(16(18)19)6-11(14)12(10)15-3-1-8(7-17)2-4-15/h5-6,8,17H,1-4,7H2. The summed E-state index contributed by atoms with van der Waals surface area (Å²) < 4.78 is 27.6. The summed E-state index contributed by atoms with van der Waals surface area (Å²) in [5.41, 5.74) is -0.814. The molecule has 1 N–H and O–H groups in total. The third kappa shape index (κ3) is 2.81. The highest BCUT2D eigenvalue weighted by molar-refractivity contribution is 5.54. The van der Waals surface area contributed by atoms with E-state index in [0.29, 0.717) is 25.9 Å². The molecule has 0 unspecified atom stereocenters. The van der Waals surface area contributed by atoms with E-state index in [4.69, 9.17) is 5.11 Å². The molecule has 104 valence electrons. The molecule has 19 heavy (non-hydrogen) atoms. The largest absolute Gasteiger partial charge is 0.396 e. The number of nitro benzene ring substituents is 1. The minimum atomic E-state index is -0.922. The van der Waals surface area contributed by atoms with E-state index in [9.17, 15) is 18.9 Å². The lowest BCUT2D eigenvalue weighted by molar-refractivity contribution is -0.385. The van der Waals surface area contributed by atoms with Gasteiger partial charge in [0.2, 0.25) is 0 Å². The summed E-state index contributed by atoms with van der Waals surface area (Å²) in [5, 5.41) is 19.5. The van der Waals surface area contributed by atoms with E-state index in [1.807, 2.05) is 0 Å². The van der Waals surface area contributed by atoms with Crippen molar-refractivity contribution in [1.82, 2.24) is 0 Å². The van der Waals surface area contributed by atoms with Gasteiger partial charge in [0.1, 0.15) is 5.69 Å². The molecule has 1 aromatic carbocycles. The number of aliphatic hydroxyl groups is 1. The van der Waals surface area contributed by atoms with E-state index >= 15 is 0 Å². The number of hydrogen-bond acceptors (Lipinski definition) is 4. The molecule has 1 aliphatic heterocycles. The van der Waals surface area contributed by atoms with Gasteiger partial charge in [-0.15, -0.1) is 0 Å². The van der Waals surface area contributed by atoms with Crippen molar-refractivity contribution in [2.75, 3.05) is 24.6 Å². The predicted molar refractivity (Wildman–Crippen MR) is 65.0 cm³/mol. The van der Waals surface area contributed by atoms with Gasteiger partial charge in [-0.2, -0.15) is 0 Å². The molecule has 5 nitrogen and oxygen atoms in total. The van der Waals surface area contributed by atoms with E-state index in [-0.39, 0.29) is 18.2 Å². The van der Waals surface area contributed by atoms with Crippen LogP contribution in [-0.4, -0.2) is 29.7 Å². The molecular weight excluding hydrogens is 258 g/mol. The van der Waals surface area contributed by atoms with Crippen LogP contribution in [0.15, 0.2) is 12.1 Å².